The summed E-state index contributed by atoms with van der Waals surface area (Å²) < 4.78 is 90.0. The van der Waals surface area contributed by atoms with Crippen molar-refractivity contribution in [3.05, 3.63) is 29.8 Å². The number of hydrogen-bond acceptors (Lipinski definition) is 3. The van der Waals surface area contributed by atoms with Gasteiger partial charge in [0.1, 0.15) is 11.8 Å². The highest BCUT2D eigenvalue weighted by Gasteiger charge is 2.44. The molecular formula is C12H13ClF7NO2. The van der Waals surface area contributed by atoms with Crippen LogP contribution in [0.5, 0.6) is 5.75 Å². The Morgan fingerprint density at radius 2 is 1.70 bits per heavy atom. The smallest absolute Gasteiger partial charge is 0.428 e. The summed E-state index contributed by atoms with van der Waals surface area (Å²) in [6.45, 7) is 0. The van der Waals surface area contributed by atoms with E-state index in [9.17, 15) is 35.8 Å². The molecule has 0 spiro atoms. The zero-order valence-electron chi connectivity index (χ0n) is 11.2. The molecular weight excluding hydrogens is 359 g/mol. The van der Waals surface area contributed by atoms with Crippen LogP contribution in [-0.2, 0) is 0 Å². The number of benzene rings is 1. The summed E-state index contributed by atoms with van der Waals surface area (Å²) in [6.07, 6.45) is -16.2. The second-order valence-electron chi connectivity index (χ2n) is 4.44. The summed E-state index contributed by atoms with van der Waals surface area (Å²) in [5.41, 5.74) is 4.61. The van der Waals surface area contributed by atoms with Crippen molar-refractivity contribution in [1.82, 2.24) is 0 Å². The molecule has 134 valence electrons. The number of alkyl halides is 7. The van der Waals surface area contributed by atoms with Gasteiger partial charge in [-0.3, -0.25) is 0 Å². The number of rotatable bonds is 6. The molecule has 0 amide bonds. The summed E-state index contributed by atoms with van der Waals surface area (Å²) >= 11 is 0. The molecule has 1 aromatic carbocycles. The van der Waals surface area contributed by atoms with Gasteiger partial charge >= 0.3 is 18.7 Å². The summed E-state index contributed by atoms with van der Waals surface area (Å²) in [6, 6.07) is 1.50. The maximum atomic E-state index is 12.7. The van der Waals surface area contributed by atoms with Crippen LogP contribution in [0.3, 0.4) is 0 Å². The maximum Gasteiger partial charge on any atom is 0.461 e. The highest BCUT2D eigenvalue weighted by Crippen LogP contribution is 2.31. The molecule has 0 aromatic heterocycles. The van der Waals surface area contributed by atoms with Crippen molar-refractivity contribution in [2.75, 3.05) is 0 Å². The Hall–Kier alpha value is -1.26. The molecule has 1 rings (SSSR count). The first kappa shape index (κ1) is 21.7. The second-order valence-corrected chi connectivity index (χ2v) is 4.44. The lowest BCUT2D eigenvalue weighted by Gasteiger charge is -2.20. The number of nitrogens with two attached hydrogens (primary N) is 1. The van der Waals surface area contributed by atoms with Crippen LogP contribution < -0.4 is 10.5 Å². The van der Waals surface area contributed by atoms with Gasteiger partial charge in [-0.1, -0.05) is 12.1 Å². The lowest BCUT2D eigenvalue weighted by Crippen LogP contribution is -2.38. The summed E-state index contributed by atoms with van der Waals surface area (Å²) in [5.74, 6) is -0.720. The number of hydrogen-bond donors (Lipinski definition) is 2. The second kappa shape index (κ2) is 8.02. The van der Waals surface area contributed by atoms with Crippen molar-refractivity contribution in [3.8, 4) is 5.75 Å². The van der Waals surface area contributed by atoms with Crippen LogP contribution in [0.4, 0.5) is 30.7 Å². The molecule has 0 bridgehead atoms. The molecule has 3 N–H and O–H groups in total. The van der Waals surface area contributed by atoms with Crippen LogP contribution in [0.1, 0.15) is 18.1 Å². The largest absolute Gasteiger partial charge is 0.461 e. The molecule has 0 saturated heterocycles. The number of ether oxygens (including phenoxy) is 1. The van der Waals surface area contributed by atoms with Gasteiger partial charge in [-0.05, 0) is 17.7 Å². The van der Waals surface area contributed by atoms with Crippen molar-refractivity contribution < 1.29 is 40.6 Å². The van der Waals surface area contributed by atoms with Crippen molar-refractivity contribution in [2.45, 2.75) is 37.3 Å². The minimum atomic E-state index is -4.76. The minimum absolute atomic E-state index is 0. The molecule has 0 aliphatic carbocycles. The van der Waals surface area contributed by atoms with Gasteiger partial charge in [-0.15, -0.1) is 12.4 Å². The third-order valence-electron chi connectivity index (χ3n) is 2.65. The van der Waals surface area contributed by atoms with Crippen molar-refractivity contribution >= 4 is 12.4 Å². The van der Waals surface area contributed by atoms with E-state index in [0.717, 1.165) is 24.3 Å². The average molecular weight is 372 g/mol. The molecule has 3 nitrogen and oxygen atoms in total. The topological polar surface area (TPSA) is 55.5 Å². The van der Waals surface area contributed by atoms with Gasteiger partial charge in [-0.25, -0.2) is 0 Å². The van der Waals surface area contributed by atoms with E-state index in [2.05, 4.69) is 4.74 Å². The van der Waals surface area contributed by atoms with E-state index in [1.54, 1.807) is 0 Å². The molecule has 0 unspecified atom stereocenters. The Morgan fingerprint density at radius 1 is 1.13 bits per heavy atom. The number of aliphatic hydroxyl groups is 1. The number of aliphatic hydroxyl groups excluding tert-OH is 1. The summed E-state index contributed by atoms with van der Waals surface area (Å²) in [4.78, 5) is 0. The van der Waals surface area contributed by atoms with E-state index in [-0.39, 0.29) is 18.0 Å². The van der Waals surface area contributed by atoms with E-state index < -0.39 is 43.0 Å². The minimum Gasteiger partial charge on any atom is -0.428 e. The van der Waals surface area contributed by atoms with Gasteiger partial charge in [0.15, 0.2) is 0 Å². The van der Waals surface area contributed by atoms with Crippen LogP contribution in [0.15, 0.2) is 24.3 Å². The van der Waals surface area contributed by atoms with Crippen LogP contribution in [0.25, 0.3) is 0 Å². The lowest BCUT2D eigenvalue weighted by molar-refractivity contribution is -0.253. The van der Waals surface area contributed by atoms with Crippen molar-refractivity contribution in [1.29, 1.82) is 0 Å². The Kier molecular flexibility index (Phi) is 7.58. The maximum absolute atomic E-state index is 12.7. The standard InChI is InChI=1S/C12H12F7NO2.ClH/c13-10(14)12(18,19)22-7-3-1-2-6(4-7)8(21)5-9(20)11(15,16)17;/h1-4,8-10,21H,5,20H2;1H/t8-,9+;/m0./s1. The Morgan fingerprint density at radius 3 is 2.17 bits per heavy atom. The SMILES string of the molecule is Cl.N[C@H](C[C@H](O)c1cccc(OC(F)(F)C(F)F)c1)C(F)(F)F. The molecule has 0 aliphatic heterocycles. The van der Waals surface area contributed by atoms with Crippen LogP contribution >= 0.6 is 12.4 Å². The molecule has 2 atom stereocenters. The fourth-order valence-electron chi connectivity index (χ4n) is 1.50. The van der Waals surface area contributed by atoms with Gasteiger partial charge < -0.3 is 15.6 Å². The first-order chi connectivity index (χ1) is 9.93. The predicted octanol–water partition coefficient (Wildman–Crippen LogP) is 3.66. The normalized spacial score (nSPS) is 15.0. The van der Waals surface area contributed by atoms with Gasteiger partial charge in [0.25, 0.3) is 0 Å². The highest BCUT2D eigenvalue weighted by molar-refractivity contribution is 5.85. The zero-order valence-corrected chi connectivity index (χ0v) is 12.1. The monoisotopic (exact) mass is 371 g/mol. The van der Waals surface area contributed by atoms with Crippen LogP contribution in [-0.4, -0.2) is 29.9 Å². The van der Waals surface area contributed by atoms with Crippen molar-refractivity contribution in [2.24, 2.45) is 5.73 Å². The van der Waals surface area contributed by atoms with Gasteiger partial charge in [-0.2, -0.15) is 30.7 Å². The van der Waals surface area contributed by atoms with E-state index >= 15 is 0 Å². The molecule has 0 fully saturated rings. The van der Waals surface area contributed by atoms with Crippen LogP contribution in [0, 0.1) is 0 Å². The van der Waals surface area contributed by atoms with E-state index in [0.29, 0.717) is 0 Å². The molecule has 0 heterocycles. The Labute approximate surface area is 132 Å². The van der Waals surface area contributed by atoms with Crippen LogP contribution in [0.2, 0.25) is 0 Å². The summed E-state index contributed by atoms with van der Waals surface area (Å²) in [5, 5.41) is 9.62. The van der Waals surface area contributed by atoms with Gasteiger partial charge in [0.2, 0.25) is 0 Å². The Balaban J connectivity index is 0.00000484. The fraction of sp³-hybridized carbons (Fsp3) is 0.500. The first-order valence-corrected chi connectivity index (χ1v) is 5.89. The molecule has 11 heteroatoms. The molecule has 0 aliphatic rings. The van der Waals surface area contributed by atoms with Crippen molar-refractivity contribution in [3.63, 3.8) is 0 Å². The third-order valence-corrected chi connectivity index (χ3v) is 2.65. The molecule has 23 heavy (non-hydrogen) atoms. The first-order valence-electron chi connectivity index (χ1n) is 5.89. The predicted molar refractivity (Wildman–Crippen MR) is 68.9 cm³/mol. The molecule has 1 aromatic rings. The van der Waals surface area contributed by atoms with Gasteiger partial charge in [0, 0.05) is 6.42 Å². The zero-order chi connectivity index (χ0) is 17.1. The number of halogens is 8. The highest BCUT2D eigenvalue weighted by atomic mass is 35.5. The fourth-order valence-corrected chi connectivity index (χ4v) is 1.50. The average Bonchev–Trinajstić information content (AvgIpc) is 2.37. The van der Waals surface area contributed by atoms with Gasteiger partial charge in [0.05, 0.1) is 6.10 Å². The van der Waals surface area contributed by atoms with E-state index in [4.69, 9.17) is 5.73 Å². The summed E-state index contributed by atoms with van der Waals surface area (Å²) in [7, 11) is 0. The quantitative estimate of drug-likeness (QED) is 0.750. The molecule has 0 radical (unpaired) electrons. The van der Waals surface area contributed by atoms with E-state index in [1.807, 2.05) is 0 Å². The van der Waals surface area contributed by atoms with E-state index in [1.165, 1.54) is 0 Å². The molecule has 0 saturated carbocycles. The third kappa shape index (κ3) is 6.40. The lowest BCUT2D eigenvalue weighted by atomic mass is 10.0. The Bertz CT molecular complexity index is 499.